The minimum Gasteiger partial charge on any atom is -0.446 e. The van der Waals surface area contributed by atoms with E-state index in [-0.39, 0.29) is 24.5 Å². The van der Waals surface area contributed by atoms with Crippen molar-refractivity contribution >= 4 is 19.8 Å². The van der Waals surface area contributed by atoms with E-state index >= 15 is 0 Å². The number of carbonyl (C=O) groups is 2. The first kappa shape index (κ1) is 13.2. The summed E-state index contributed by atoms with van der Waals surface area (Å²) in [6, 6.07) is 9.06. The summed E-state index contributed by atoms with van der Waals surface area (Å²) in [7, 11) is 6.00. The second-order valence-electron chi connectivity index (χ2n) is 5.61. The normalized spacial score (nSPS) is 29.9. The third kappa shape index (κ3) is 2.21. The van der Waals surface area contributed by atoms with Crippen LogP contribution in [0.5, 0.6) is 0 Å². The third-order valence-electron chi connectivity index (χ3n) is 4.21. The summed E-state index contributed by atoms with van der Waals surface area (Å²) in [4.78, 5) is 25.5. The lowest BCUT2D eigenvalue weighted by Crippen LogP contribution is -2.37. The van der Waals surface area contributed by atoms with E-state index in [0.717, 1.165) is 12.0 Å². The number of hydrogen-bond donors (Lipinski definition) is 0. The molecular formula is C15H16BNO3. The van der Waals surface area contributed by atoms with E-state index in [2.05, 4.69) is 6.92 Å². The summed E-state index contributed by atoms with van der Waals surface area (Å²) in [5.74, 6) is -0.285. The van der Waals surface area contributed by atoms with Crippen LogP contribution in [0.4, 0.5) is 4.79 Å². The molecule has 2 radical (unpaired) electrons. The van der Waals surface area contributed by atoms with Crippen LogP contribution < -0.4 is 0 Å². The molecule has 1 saturated heterocycles. The quantitative estimate of drug-likeness (QED) is 0.791. The van der Waals surface area contributed by atoms with Crippen LogP contribution in [0.3, 0.4) is 0 Å². The van der Waals surface area contributed by atoms with E-state index in [0.29, 0.717) is 5.92 Å². The van der Waals surface area contributed by atoms with Crippen molar-refractivity contribution in [3.8, 4) is 0 Å². The molecule has 2 aliphatic rings. The van der Waals surface area contributed by atoms with Crippen molar-refractivity contribution in [1.29, 1.82) is 0 Å². The van der Waals surface area contributed by atoms with Crippen LogP contribution in [0.15, 0.2) is 30.3 Å². The van der Waals surface area contributed by atoms with Gasteiger partial charge in [-0.25, -0.2) is 9.69 Å². The second-order valence-corrected chi connectivity index (χ2v) is 5.61. The lowest BCUT2D eigenvalue weighted by Gasteiger charge is -2.23. The maximum atomic E-state index is 12.5. The topological polar surface area (TPSA) is 46.6 Å². The van der Waals surface area contributed by atoms with Crippen molar-refractivity contribution in [3.05, 3.63) is 35.9 Å². The van der Waals surface area contributed by atoms with Crippen molar-refractivity contribution in [1.82, 2.24) is 4.90 Å². The summed E-state index contributed by atoms with van der Waals surface area (Å²) >= 11 is 0. The standard InChI is InChI=1S/C15H16BNO3/c1-9-7-11(9)13(16)14(18)17-12(8-20-15(17)19)10-5-3-2-4-6-10/h2-6,9,11-13H,7-8H2,1H3/t9?,11?,12-,13+/m0/s1. The van der Waals surface area contributed by atoms with Gasteiger partial charge in [0, 0.05) is 5.82 Å². The van der Waals surface area contributed by atoms with Crippen LogP contribution >= 0.6 is 0 Å². The Balaban J connectivity index is 1.82. The minimum atomic E-state index is -0.609. The number of benzene rings is 1. The van der Waals surface area contributed by atoms with Gasteiger partial charge in [0.05, 0.1) is 7.85 Å². The van der Waals surface area contributed by atoms with Crippen molar-refractivity contribution in [2.75, 3.05) is 6.61 Å². The van der Waals surface area contributed by atoms with Crippen LogP contribution in [0.2, 0.25) is 5.82 Å². The lowest BCUT2D eigenvalue weighted by atomic mass is 9.80. The van der Waals surface area contributed by atoms with Gasteiger partial charge in [0.15, 0.2) is 0 Å². The Hall–Kier alpha value is -1.78. The molecule has 1 aliphatic carbocycles. The molecule has 4 atom stereocenters. The average Bonchev–Trinajstić information content (AvgIpc) is 3.06. The molecule has 2 unspecified atom stereocenters. The molecule has 1 saturated carbocycles. The fraction of sp³-hybridized carbons (Fsp3) is 0.467. The van der Waals surface area contributed by atoms with E-state index in [9.17, 15) is 9.59 Å². The van der Waals surface area contributed by atoms with Crippen LogP contribution in [0, 0.1) is 11.8 Å². The third-order valence-corrected chi connectivity index (χ3v) is 4.21. The smallest absolute Gasteiger partial charge is 0.417 e. The number of carbonyl (C=O) groups excluding carboxylic acids is 2. The monoisotopic (exact) mass is 269 g/mol. The maximum Gasteiger partial charge on any atom is 0.417 e. The fourth-order valence-electron chi connectivity index (χ4n) is 2.78. The van der Waals surface area contributed by atoms with E-state index in [1.165, 1.54) is 4.90 Å². The molecule has 0 spiro atoms. The van der Waals surface area contributed by atoms with Crippen LogP contribution in [-0.2, 0) is 9.53 Å². The lowest BCUT2D eigenvalue weighted by molar-refractivity contribution is -0.129. The summed E-state index contributed by atoms with van der Waals surface area (Å²) in [5, 5.41) is 0. The average molecular weight is 269 g/mol. The molecule has 1 aromatic carbocycles. The number of rotatable bonds is 3. The number of cyclic esters (lactones) is 1. The molecule has 0 N–H and O–H groups in total. The number of nitrogens with zero attached hydrogens (tertiary/aromatic N) is 1. The SMILES string of the molecule is [B][C@@H](C(=O)N1C(=O)OC[C@H]1c1ccccc1)C1CC1C. The van der Waals surface area contributed by atoms with Gasteiger partial charge >= 0.3 is 6.09 Å². The molecule has 102 valence electrons. The first-order chi connectivity index (χ1) is 9.59. The predicted octanol–water partition coefficient (Wildman–Crippen LogP) is 2.32. The zero-order valence-corrected chi connectivity index (χ0v) is 11.4. The van der Waals surface area contributed by atoms with E-state index in [4.69, 9.17) is 12.6 Å². The van der Waals surface area contributed by atoms with E-state index in [1.807, 2.05) is 30.3 Å². The highest BCUT2D eigenvalue weighted by atomic mass is 16.6. The Morgan fingerprint density at radius 1 is 1.40 bits per heavy atom. The predicted molar refractivity (Wildman–Crippen MR) is 74.2 cm³/mol. The van der Waals surface area contributed by atoms with Crippen molar-refractivity contribution in [2.24, 2.45) is 11.8 Å². The fourth-order valence-corrected chi connectivity index (χ4v) is 2.78. The van der Waals surface area contributed by atoms with Gasteiger partial charge in [-0.2, -0.15) is 0 Å². The minimum absolute atomic E-state index is 0.187. The Labute approximate surface area is 119 Å². The Kier molecular flexibility index (Phi) is 3.28. The molecule has 4 nitrogen and oxygen atoms in total. The molecule has 1 aromatic rings. The Morgan fingerprint density at radius 2 is 2.05 bits per heavy atom. The zero-order valence-electron chi connectivity index (χ0n) is 11.4. The first-order valence-electron chi connectivity index (χ1n) is 6.90. The highest BCUT2D eigenvalue weighted by molar-refractivity contribution is 6.25. The molecular weight excluding hydrogens is 253 g/mol. The van der Waals surface area contributed by atoms with Gasteiger partial charge in [-0.05, 0) is 23.8 Å². The van der Waals surface area contributed by atoms with Crippen LogP contribution in [-0.4, -0.2) is 31.4 Å². The number of ether oxygens (including phenoxy) is 1. The van der Waals surface area contributed by atoms with Gasteiger partial charge in [0.25, 0.3) is 0 Å². The number of hydrogen-bond acceptors (Lipinski definition) is 3. The van der Waals surface area contributed by atoms with E-state index in [1.54, 1.807) is 0 Å². The van der Waals surface area contributed by atoms with Gasteiger partial charge in [0.2, 0.25) is 5.91 Å². The maximum absolute atomic E-state index is 12.5. The molecule has 2 amide bonds. The largest absolute Gasteiger partial charge is 0.446 e. The summed E-state index contributed by atoms with van der Waals surface area (Å²) in [6.45, 7) is 2.26. The van der Waals surface area contributed by atoms with E-state index < -0.39 is 11.9 Å². The second kappa shape index (κ2) is 4.96. The number of imide groups is 1. The van der Waals surface area contributed by atoms with Crippen molar-refractivity contribution in [2.45, 2.75) is 25.2 Å². The Bertz CT molecular complexity index is 533. The summed E-state index contributed by atoms with van der Waals surface area (Å²) < 4.78 is 5.04. The molecule has 5 heteroatoms. The molecule has 1 aliphatic heterocycles. The van der Waals surface area contributed by atoms with Crippen LogP contribution in [0.25, 0.3) is 0 Å². The highest BCUT2D eigenvalue weighted by Gasteiger charge is 2.46. The van der Waals surface area contributed by atoms with Gasteiger partial charge in [-0.1, -0.05) is 37.3 Å². The van der Waals surface area contributed by atoms with Crippen LogP contribution in [0.1, 0.15) is 24.9 Å². The molecule has 0 aromatic heterocycles. The van der Waals surface area contributed by atoms with Gasteiger partial charge in [0.1, 0.15) is 12.6 Å². The molecule has 20 heavy (non-hydrogen) atoms. The highest BCUT2D eigenvalue weighted by Crippen LogP contribution is 2.47. The molecule has 2 fully saturated rings. The van der Waals surface area contributed by atoms with Gasteiger partial charge in [-0.3, -0.25) is 4.79 Å². The van der Waals surface area contributed by atoms with Crippen molar-refractivity contribution < 1.29 is 14.3 Å². The number of amides is 2. The summed E-state index contributed by atoms with van der Waals surface area (Å²) in [6.07, 6.45) is 0.360. The van der Waals surface area contributed by atoms with Crippen molar-refractivity contribution in [3.63, 3.8) is 0 Å². The zero-order chi connectivity index (χ0) is 14.3. The molecule has 1 heterocycles. The first-order valence-corrected chi connectivity index (χ1v) is 6.90. The molecule has 0 bridgehead atoms. The van der Waals surface area contributed by atoms with Gasteiger partial charge < -0.3 is 4.74 Å². The molecule has 3 rings (SSSR count). The summed E-state index contributed by atoms with van der Waals surface area (Å²) in [5.41, 5.74) is 0.891. The Morgan fingerprint density at radius 3 is 2.65 bits per heavy atom. The van der Waals surface area contributed by atoms with Gasteiger partial charge in [-0.15, -0.1) is 0 Å².